The first-order valence-corrected chi connectivity index (χ1v) is 11.0. The van der Waals surface area contributed by atoms with Crippen LogP contribution in [-0.2, 0) is 14.8 Å². The van der Waals surface area contributed by atoms with E-state index in [1.807, 2.05) is 0 Å². The van der Waals surface area contributed by atoms with Crippen molar-refractivity contribution in [2.75, 3.05) is 22.7 Å². The van der Waals surface area contributed by atoms with Crippen molar-refractivity contribution in [1.29, 1.82) is 0 Å². The van der Waals surface area contributed by atoms with Crippen molar-refractivity contribution in [3.63, 3.8) is 0 Å². The Bertz CT molecular complexity index is 1010. The van der Waals surface area contributed by atoms with Gasteiger partial charge in [0.05, 0.1) is 17.0 Å². The summed E-state index contributed by atoms with van der Waals surface area (Å²) < 4.78 is 36.6. The summed E-state index contributed by atoms with van der Waals surface area (Å²) in [6.45, 7) is 1.82. The van der Waals surface area contributed by atoms with Crippen LogP contribution in [0.3, 0.4) is 0 Å². The number of nitrogens with one attached hydrogen (secondary N) is 1. The molecule has 0 bridgehead atoms. The molecule has 0 aromatic heterocycles. The van der Waals surface area contributed by atoms with Crippen LogP contribution in [0.25, 0.3) is 0 Å². The van der Waals surface area contributed by atoms with Gasteiger partial charge in [0, 0.05) is 16.8 Å². The summed E-state index contributed by atoms with van der Waals surface area (Å²) in [6, 6.07) is 8.35. The number of anilines is 2. The third-order valence-electron chi connectivity index (χ3n) is 4.12. The number of rotatable bonds is 6. The Balaban J connectivity index is 1.94. The number of benzene rings is 2. The summed E-state index contributed by atoms with van der Waals surface area (Å²) in [5, 5.41) is 3.20. The highest BCUT2D eigenvalue weighted by Crippen LogP contribution is 2.35. The van der Waals surface area contributed by atoms with E-state index in [0.717, 1.165) is 10.6 Å². The number of halogens is 2. The number of amides is 1. The number of sulfonamides is 1. The second-order valence-electron chi connectivity index (χ2n) is 6.14. The molecule has 1 heterocycles. The molecule has 1 atom stereocenters. The standard InChI is InChI=1S/C18H18Cl2N2O5S/c1-3-14(18(23)21-12-5-7-16-17(9-12)27-10-26-16)22(28(2,24)25)15-8-11(19)4-6-13(15)20/h4-9,14H,3,10H2,1-2H3,(H,21,23). The van der Waals surface area contributed by atoms with E-state index in [1.165, 1.54) is 12.1 Å². The van der Waals surface area contributed by atoms with Crippen LogP contribution in [0.2, 0.25) is 10.0 Å². The first-order valence-electron chi connectivity index (χ1n) is 8.35. The number of nitrogens with zero attached hydrogens (tertiary/aromatic N) is 1. The second-order valence-corrected chi connectivity index (χ2v) is 8.84. The molecular formula is C18H18Cl2N2O5S. The summed E-state index contributed by atoms with van der Waals surface area (Å²) in [5.74, 6) is 0.569. The molecule has 0 spiro atoms. The van der Waals surface area contributed by atoms with E-state index in [9.17, 15) is 13.2 Å². The van der Waals surface area contributed by atoms with Gasteiger partial charge in [-0.1, -0.05) is 30.1 Å². The predicted octanol–water partition coefficient (Wildman–Crippen LogP) is 3.91. The Kier molecular flexibility index (Phi) is 5.92. The van der Waals surface area contributed by atoms with Crippen LogP contribution >= 0.6 is 23.2 Å². The summed E-state index contributed by atoms with van der Waals surface area (Å²) in [6.07, 6.45) is 1.23. The molecule has 7 nitrogen and oxygen atoms in total. The van der Waals surface area contributed by atoms with E-state index in [-0.39, 0.29) is 23.9 Å². The summed E-state index contributed by atoms with van der Waals surface area (Å²) >= 11 is 12.2. The fourth-order valence-electron chi connectivity index (χ4n) is 2.89. The quantitative estimate of drug-likeness (QED) is 0.729. The monoisotopic (exact) mass is 444 g/mol. The number of carbonyl (C=O) groups is 1. The average Bonchev–Trinajstić information content (AvgIpc) is 3.08. The van der Waals surface area contributed by atoms with E-state index in [2.05, 4.69) is 5.32 Å². The molecule has 2 aromatic rings. The molecule has 10 heteroatoms. The van der Waals surface area contributed by atoms with Crippen molar-refractivity contribution >= 4 is 50.5 Å². The number of hydrogen-bond donors (Lipinski definition) is 1. The van der Waals surface area contributed by atoms with E-state index < -0.39 is 22.0 Å². The maximum Gasteiger partial charge on any atom is 0.248 e. The number of ether oxygens (including phenoxy) is 2. The van der Waals surface area contributed by atoms with Crippen LogP contribution < -0.4 is 19.1 Å². The molecule has 1 aliphatic heterocycles. The molecule has 150 valence electrons. The molecule has 3 rings (SSSR count). The topological polar surface area (TPSA) is 84.9 Å². The lowest BCUT2D eigenvalue weighted by atomic mass is 10.1. The van der Waals surface area contributed by atoms with E-state index in [4.69, 9.17) is 32.7 Å². The minimum absolute atomic E-state index is 0.111. The van der Waals surface area contributed by atoms with Gasteiger partial charge in [0.25, 0.3) is 0 Å². The van der Waals surface area contributed by atoms with Crippen molar-refractivity contribution in [2.45, 2.75) is 19.4 Å². The van der Waals surface area contributed by atoms with Crippen molar-refractivity contribution in [1.82, 2.24) is 0 Å². The second kappa shape index (κ2) is 8.06. The van der Waals surface area contributed by atoms with Crippen molar-refractivity contribution in [3.05, 3.63) is 46.4 Å². The normalized spacial score (nSPS) is 13.9. The Labute approximate surface area is 173 Å². The van der Waals surface area contributed by atoms with Gasteiger partial charge in [-0.3, -0.25) is 9.10 Å². The minimum Gasteiger partial charge on any atom is -0.454 e. The zero-order chi connectivity index (χ0) is 20.5. The van der Waals surface area contributed by atoms with Crippen LogP contribution in [0.4, 0.5) is 11.4 Å². The Hall–Kier alpha value is -2.16. The molecular weight excluding hydrogens is 427 g/mol. The molecule has 0 fully saturated rings. The van der Waals surface area contributed by atoms with Crippen molar-refractivity contribution in [3.8, 4) is 11.5 Å². The molecule has 2 aromatic carbocycles. The van der Waals surface area contributed by atoms with Crippen LogP contribution in [0.5, 0.6) is 11.5 Å². The lowest BCUT2D eigenvalue weighted by Crippen LogP contribution is -2.47. The minimum atomic E-state index is -3.83. The van der Waals surface area contributed by atoms with Crippen molar-refractivity contribution in [2.24, 2.45) is 0 Å². The van der Waals surface area contributed by atoms with Gasteiger partial charge in [0.1, 0.15) is 6.04 Å². The molecule has 0 radical (unpaired) electrons. The fraction of sp³-hybridized carbons (Fsp3) is 0.278. The average molecular weight is 445 g/mol. The molecule has 0 saturated carbocycles. The number of hydrogen-bond acceptors (Lipinski definition) is 5. The number of fused-ring (bicyclic) bond motifs is 1. The molecule has 0 aliphatic carbocycles. The van der Waals surface area contributed by atoms with Gasteiger partial charge in [-0.05, 0) is 36.8 Å². The lowest BCUT2D eigenvalue weighted by molar-refractivity contribution is -0.117. The SMILES string of the molecule is CCC(C(=O)Nc1ccc2c(c1)OCO2)N(c1cc(Cl)ccc1Cl)S(C)(=O)=O. The molecule has 0 saturated heterocycles. The first-order chi connectivity index (χ1) is 13.2. The predicted molar refractivity (Wildman–Crippen MR) is 109 cm³/mol. The van der Waals surface area contributed by atoms with Crippen LogP contribution in [0, 0.1) is 0 Å². The summed E-state index contributed by atoms with van der Waals surface area (Å²) in [4.78, 5) is 12.9. The van der Waals surface area contributed by atoms with E-state index in [0.29, 0.717) is 22.2 Å². The Morgan fingerprint density at radius 3 is 2.57 bits per heavy atom. The van der Waals surface area contributed by atoms with Crippen LogP contribution in [0.15, 0.2) is 36.4 Å². The summed E-state index contributed by atoms with van der Waals surface area (Å²) in [7, 11) is -3.83. The van der Waals surface area contributed by atoms with Gasteiger partial charge >= 0.3 is 0 Å². The van der Waals surface area contributed by atoms with Gasteiger partial charge < -0.3 is 14.8 Å². The zero-order valence-corrected chi connectivity index (χ0v) is 17.4. The number of carbonyl (C=O) groups excluding carboxylic acids is 1. The maximum absolute atomic E-state index is 12.9. The van der Waals surface area contributed by atoms with Gasteiger partial charge in [0.15, 0.2) is 11.5 Å². The summed E-state index contributed by atoms with van der Waals surface area (Å²) in [5.41, 5.74) is 0.600. The molecule has 1 unspecified atom stereocenters. The highest BCUT2D eigenvalue weighted by Gasteiger charge is 2.33. The van der Waals surface area contributed by atoms with E-state index >= 15 is 0 Å². The Morgan fingerprint density at radius 2 is 1.89 bits per heavy atom. The van der Waals surface area contributed by atoms with Gasteiger partial charge in [-0.2, -0.15) is 0 Å². The fourth-order valence-corrected chi connectivity index (χ4v) is 4.53. The zero-order valence-electron chi connectivity index (χ0n) is 15.1. The van der Waals surface area contributed by atoms with E-state index in [1.54, 1.807) is 31.2 Å². The third-order valence-corrected chi connectivity index (χ3v) is 5.84. The van der Waals surface area contributed by atoms with Crippen LogP contribution in [0.1, 0.15) is 13.3 Å². The molecule has 1 N–H and O–H groups in total. The molecule has 28 heavy (non-hydrogen) atoms. The maximum atomic E-state index is 12.9. The van der Waals surface area contributed by atoms with Gasteiger partial charge in [-0.25, -0.2) is 8.42 Å². The van der Waals surface area contributed by atoms with Gasteiger partial charge in [-0.15, -0.1) is 0 Å². The highest BCUT2D eigenvalue weighted by atomic mass is 35.5. The third kappa shape index (κ3) is 4.29. The highest BCUT2D eigenvalue weighted by molar-refractivity contribution is 7.92. The van der Waals surface area contributed by atoms with Crippen LogP contribution in [-0.4, -0.2) is 33.4 Å². The Morgan fingerprint density at radius 1 is 1.18 bits per heavy atom. The largest absolute Gasteiger partial charge is 0.454 e. The first kappa shape index (κ1) is 20.6. The lowest BCUT2D eigenvalue weighted by Gasteiger charge is -2.30. The van der Waals surface area contributed by atoms with Crippen molar-refractivity contribution < 1.29 is 22.7 Å². The molecule has 1 aliphatic rings. The van der Waals surface area contributed by atoms with Gasteiger partial charge in [0.2, 0.25) is 22.7 Å². The smallest absolute Gasteiger partial charge is 0.248 e. The molecule has 1 amide bonds.